The van der Waals surface area contributed by atoms with E-state index in [-0.39, 0.29) is 144 Å². The van der Waals surface area contributed by atoms with Crippen LogP contribution in [0.25, 0.3) is 0 Å². The topological polar surface area (TPSA) is 213 Å². The molecule has 0 heterocycles. The summed E-state index contributed by atoms with van der Waals surface area (Å²) >= 11 is 0. The van der Waals surface area contributed by atoms with E-state index in [0.29, 0.717) is 13.1 Å². The van der Waals surface area contributed by atoms with Crippen molar-refractivity contribution >= 4 is 23.9 Å². The predicted octanol–water partition coefficient (Wildman–Crippen LogP) is -16.5. The van der Waals surface area contributed by atoms with Crippen LogP contribution in [0, 0.1) is 0 Å². The monoisotopic (exact) mass is 444 g/mol. The second-order valence-corrected chi connectivity index (χ2v) is 3.48. The van der Waals surface area contributed by atoms with Gasteiger partial charge in [0.15, 0.2) is 0 Å². The molecule has 0 bridgehead atoms. The van der Waals surface area contributed by atoms with Crippen LogP contribution in [0.2, 0.25) is 0 Å². The maximum atomic E-state index is 9.26. The Kier molecular flexibility index (Phi) is 116. The number of carboxylic acid groups (broad SMARTS) is 4. The zero-order valence-electron chi connectivity index (χ0n) is 18.7. The maximum Gasteiger partial charge on any atom is 1.00 e. The summed E-state index contributed by atoms with van der Waals surface area (Å²) in [6, 6.07) is 0. The Balaban J connectivity index is -0.0000000223. The number of carbonyl (C=O) groups excluding carboxylic acids is 4. The molecule has 0 atom stereocenters. The van der Waals surface area contributed by atoms with E-state index in [2.05, 4.69) is 0 Å². The average molecular weight is 444 g/mol. The molecule has 0 aromatic rings. The first-order valence-corrected chi connectivity index (χ1v) is 7.19. The van der Waals surface area contributed by atoms with Gasteiger partial charge in [0.1, 0.15) is 0 Å². The van der Waals surface area contributed by atoms with Crippen molar-refractivity contribution < 1.29 is 158 Å². The SMILES string of the molecule is CCC(=O)[O-].CCC(=O)[O-].CCC(=O)[O-].CCC(=O)[O-].NCCN.[Na+].[Na+].[Na+].[Na+]. The molecule has 0 radical (unpaired) electrons. The Morgan fingerprint density at radius 3 is 0.571 bits per heavy atom. The molecule has 10 nitrogen and oxygen atoms in total. The molecule has 0 rings (SSSR count). The van der Waals surface area contributed by atoms with Crippen LogP contribution >= 0.6 is 0 Å². The van der Waals surface area contributed by atoms with Gasteiger partial charge in [-0.05, 0) is 25.7 Å². The van der Waals surface area contributed by atoms with Gasteiger partial charge in [0.2, 0.25) is 0 Å². The fraction of sp³-hybridized carbons (Fsp3) is 0.714. The summed E-state index contributed by atoms with van der Waals surface area (Å²) in [5.74, 6) is -3.98. The Morgan fingerprint density at radius 1 is 0.500 bits per heavy atom. The Bertz CT molecular complexity index is 268. The van der Waals surface area contributed by atoms with E-state index in [1.165, 1.54) is 27.7 Å². The molecule has 0 fully saturated rings. The number of carboxylic acids is 4. The van der Waals surface area contributed by atoms with E-state index in [1.807, 2.05) is 0 Å². The van der Waals surface area contributed by atoms with Crippen molar-refractivity contribution in [3.8, 4) is 0 Å². The first kappa shape index (κ1) is 57.1. The van der Waals surface area contributed by atoms with E-state index in [4.69, 9.17) is 11.5 Å². The van der Waals surface area contributed by atoms with Crippen molar-refractivity contribution in [1.82, 2.24) is 0 Å². The quantitative estimate of drug-likeness (QED) is 0.382. The van der Waals surface area contributed by atoms with Crippen LogP contribution in [-0.4, -0.2) is 37.0 Å². The molecule has 0 spiro atoms. The van der Waals surface area contributed by atoms with Gasteiger partial charge in [-0.2, -0.15) is 0 Å². The molecule has 0 aliphatic carbocycles. The number of nitrogens with two attached hydrogens (primary N) is 2. The van der Waals surface area contributed by atoms with Crippen molar-refractivity contribution in [2.75, 3.05) is 13.1 Å². The van der Waals surface area contributed by atoms with Crippen LogP contribution in [0.3, 0.4) is 0 Å². The van der Waals surface area contributed by atoms with Gasteiger partial charge in [0.05, 0.1) is 0 Å². The van der Waals surface area contributed by atoms with Crippen LogP contribution < -0.4 is 150 Å². The molecule has 0 amide bonds. The third kappa shape index (κ3) is 171. The molecular weight excluding hydrogens is 416 g/mol. The van der Waals surface area contributed by atoms with Crippen LogP contribution in [-0.2, 0) is 19.2 Å². The first-order valence-electron chi connectivity index (χ1n) is 7.19. The van der Waals surface area contributed by atoms with Gasteiger partial charge in [0, 0.05) is 37.0 Å². The van der Waals surface area contributed by atoms with Gasteiger partial charge in [0.25, 0.3) is 0 Å². The van der Waals surface area contributed by atoms with Crippen LogP contribution in [0.4, 0.5) is 0 Å². The van der Waals surface area contributed by atoms with Gasteiger partial charge in [-0.1, -0.05) is 27.7 Å². The summed E-state index contributed by atoms with van der Waals surface area (Å²) in [6.07, 6.45) is 0.444. The van der Waals surface area contributed by atoms with Gasteiger partial charge >= 0.3 is 118 Å². The number of rotatable bonds is 5. The van der Waals surface area contributed by atoms with Crippen molar-refractivity contribution in [2.45, 2.75) is 53.4 Å². The zero-order chi connectivity index (χ0) is 20.6. The smallest absolute Gasteiger partial charge is 0.550 e. The summed E-state index contributed by atoms with van der Waals surface area (Å²) < 4.78 is 0. The third-order valence-electron chi connectivity index (χ3n) is 1.32. The molecule has 0 saturated heterocycles. The molecule has 14 heteroatoms. The largest absolute Gasteiger partial charge is 1.00 e. The summed E-state index contributed by atoms with van der Waals surface area (Å²) in [5.41, 5.74) is 9.81. The summed E-state index contributed by atoms with van der Waals surface area (Å²) in [7, 11) is 0. The average Bonchev–Trinajstić information content (AvgIpc) is 2.56. The van der Waals surface area contributed by atoms with Crippen LogP contribution in [0.5, 0.6) is 0 Å². The fourth-order valence-electron chi connectivity index (χ4n) is 0. The summed E-state index contributed by atoms with van der Waals surface area (Å²) in [4.78, 5) is 37.0. The van der Waals surface area contributed by atoms with Crippen molar-refractivity contribution in [3.05, 3.63) is 0 Å². The van der Waals surface area contributed by atoms with E-state index in [0.717, 1.165) is 0 Å². The number of hydrogen-bond donors (Lipinski definition) is 2. The minimum Gasteiger partial charge on any atom is -0.550 e. The second kappa shape index (κ2) is 56.8. The molecule has 146 valence electrons. The molecule has 0 aliphatic rings. The minimum absolute atomic E-state index is 0. The standard InChI is InChI=1S/4C3H6O2.C2H8N2.4Na/c4*1-2-3(4)5;3-1-2-4;;;;/h4*2H2,1H3,(H,4,5);1-4H2;;;;/q;;;;;4*+1/p-4. The van der Waals surface area contributed by atoms with E-state index in [9.17, 15) is 39.6 Å². The molecule has 0 saturated carbocycles. The van der Waals surface area contributed by atoms with Gasteiger partial charge < -0.3 is 51.1 Å². The summed E-state index contributed by atoms with van der Waals surface area (Å²) in [6.45, 7) is 7.34. The molecule has 0 aromatic heterocycles. The zero-order valence-corrected chi connectivity index (χ0v) is 26.7. The molecule has 4 N–H and O–H groups in total. The van der Waals surface area contributed by atoms with Gasteiger partial charge in [-0.3, -0.25) is 0 Å². The normalized spacial score (nSPS) is 6.36. The minimum atomic E-state index is -0.995. The van der Waals surface area contributed by atoms with Crippen LogP contribution in [0.15, 0.2) is 0 Å². The number of carbonyl (C=O) groups is 4. The third-order valence-corrected chi connectivity index (χ3v) is 1.32. The van der Waals surface area contributed by atoms with Crippen molar-refractivity contribution in [1.29, 1.82) is 0 Å². The molecule has 0 aromatic carbocycles. The Morgan fingerprint density at radius 2 is 0.571 bits per heavy atom. The fourth-order valence-corrected chi connectivity index (χ4v) is 0. The number of hydrogen-bond acceptors (Lipinski definition) is 10. The molecule has 0 unspecified atom stereocenters. The maximum absolute atomic E-state index is 9.26. The van der Waals surface area contributed by atoms with Crippen LogP contribution in [0.1, 0.15) is 53.4 Å². The van der Waals surface area contributed by atoms with E-state index < -0.39 is 23.9 Å². The number of aliphatic carboxylic acids is 4. The Hall–Kier alpha value is 1.80. The molecule has 28 heavy (non-hydrogen) atoms. The first-order chi connectivity index (χ1) is 11.0. The summed E-state index contributed by atoms with van der Waals surface area (Å²) in [5, 5.41) is 37.0. The molecular formula is C14H28N2Na4O8. The Labute approximate surface area is 256 Å². The van der Waals surface area contributed by atoms with Gasteiger partial charge in [-0.25, -0.2) is 0 Å². The second-order valence-electron chi connectivity index (χ2n) is 3.48. The van der Waals surface area contributed by atoms with Crippen molar-refractivity contribution in [3.63, 3.8) is 0 Å². The van der Waals surface area contributed by atoms with E-state index >= 15 is 0 Å². The van der Waals surface area contributed by atoms with Crippen molar-refractivity contribution in [2.24, 2.45) is 11.5 Å². The predicted molar refractivity (Wildman–Crippen MR) is 79.3 cm³/mol. The molecule has 0 aliphatic heterocycles. The van der Waals surface area contributed by atoms with E-state index in [1.54, 1.807) is 0 Å². The van der Waals surface area contributed by atoms with Gasteiger partial charge in [-0.15, -0.1) is 0 Å².